The third-order valence-corrected chi connectivity index (χ3v) is 6.65. The molecule has 4 rings (SSSR count). The second kappa shape index (κ2) is 7.82. The monoisotopic (exact) mass is 426 g/mol. The number of sulfonamides is 1. The maximum atomic E-state index is 12.8. The number of carbonyl (C=O) groups excluding carboxylic acids is 1. The topological polar surface area (TPSA) is 110 Å². The molecule has 1 aromatic carbocycles. The van der Waals surface area contributed by atoms with Gasteiger partial charge >= 0.3 is 0 Å². The normalized spacial score (nSPS) is 24.8. The van der Waals surface area contributed by atoms with Crippen LogP contribution in [0.1, 0.15) is 28.0 Å². The van der Waals surface area contributed by atoms with Gasteiger partial charge in [0.15, 0.2) is 5.69 Å². The summed E-state index contributed by atoms with van der Waals surface area (Å²) in [6, 6.07) is 9.35. The number of rotatable bonds is 4. The van der Waals surface area contributed by atoms with Crippen molar-refractivity contribution >= 4 is 28.3 Å². The van der Waals surface area contributed by atoms with Crippen molar-refractivity contribution in [3.05, 3.63) is 53.7 Å². The second-order valence-corrected chi connectivity index (χ2v) is 9.09. The van der Waals surface area contributed by atoms with E-state index in [0.29, 0.717) is 25.5 Å². The average Bonchev–Trinajstić information content (AvgIpc) is 3.34. The van der Waals surface area contributed by atoms with E-state index in [2.05, 4.69) is 4.98 Å². The van der Waals surface area contributed by atoms with Crippen molar-refractivity contribution in [3.63, 3.8) is 0 Å². The molecule has 2 saturated heterocycles. The summed E-state index contributed by atoms with van der Waals surface area (Å²) in [5, 5.41) is 0. The highest BCUT2D eigenvalue weighted by molar-refractivity contribution is 7.88. The third kappa shape index (κ3) is 3.67. The van der Waals surface area contributed by atoms with Crippen LogP contribution < -0.4 is 5.73 Å². The molecule has 0 radical (unpaired) electrons. The summed E-state index contributed by atoms with van der Waals surface area (Å²) in [6.45, 7) is 1.54. The van der Waals surface area contributed by atoms with E-state index < -0.39 is 10.0 Å². The predicted octanol–water partition coefficient (Wildman–Crippen LogP) is 1.26. The Labute approximate surface area is 170 Å². The summed E-state index contributed by atoms with van der Waals surface area (Å²) in [5.74, 6) is 0.260. The van der Waals surface area contributed by atoms with Gasteiger partial charge in [-0.2, -0.15) is 4.31 Å². The zero-order valence-corrected chi connectivity index (χ0v) is 17.0. The highest BCUT2D eigenvalue weighted by Crippen LogP contribution is 2.46. The molecule has 0 bridgehead atoms. The first-order valence-corrected chi connectivity index (χ1v) is 10.7. The molecule has 0 unspecified atom stereocenters. The molecule has 1 aromatic heterocycles. The zero-order chi connectivity index (χ0) is 19.2. The number of amides is 1. The number of nitrogens with zero attached hydrogens (tertiary/aromatic N) is 3. The van der Waals surface area contributed by atoms with Gasteiger partial charge in [-0.15, -0.1) is 12.4 Å². The predicted molar refractivity (Wildman–Crippen MR) is 105 cm³/mol. The van der Waals surface area contributed by atoms with E-state index in [9.17, 15) is 13.2 Å². The Balaban J connectivity index is 0.00000225. The van der Waals surface area contributed by atoms with Gasteiger partial charge in [0.1, 0.15) is 6.26 Å². The molecule has 0 saturated carbocycles. The van der Waals surface area contributed by atoms with Crippen LogP contribution in [0.2, 0.25) is 0 Å². The number of fused-ring (bicyclic) bond motifs is 1. The highest BCUT2D eigenvalue weighted by atomic mass is 35.5. The molecule has 0 spiro atoms. The number of hydrogen-bond acceptors (Lipinski definition) is 6. The first-order chi connectivity index (χ1) is 12.9. The molecule has 2 N–H and O–H groups in total. The lowest BCUT2D eigenvalue weighted by molar-refractivity contribution is 0.0768. The van der Waals surface area contributed by atoms with Gasteiger partial charge in [0, 0.05) is 25.6 Å². The Hall–Kier alpha value is -1.94. The summed E-state index contributed by atoms with van der Waals surface area (Å²) in [4.78, 5) is 18.6. The summed E-state index contributed by atoms with van der Waals surface area (Å²) < 4.78 is 31.4. The molecule has 2 fully saturated rings. The van der Waals surface area contributed by atoms with Crippen molar-refractivity contribution in [1.82, 2.24) is 14.2 Å². The molecule has 2 aliphatic rings. The minimum absolute atomic E-state index is 0. The van der Waals surface area contributed by atoms with Crippen LogP contribution >= 0.6 is 12.4 Å². The van der Waals surface area contributed by atoms with E-state index >= 15 is 0 Å². The fourth-order valence-electron chi connectivity index (χ4n) is 4.24. The van der Waals surface area contributed by atoms with Crippen LogP contribution in [0.4, 0.5) is 0 Å². The smallest absolute Gasteiger partial charge is 0.275 e. The number of halogens is 1. The van der Waals surface area contributed by atoms with Crippen LogP contribution in [0.3, 0.4) is 0 Å². The number of carbonyl (C=O) groups is 1. The van der Waals surface area contributed by atoms with Crippen LogP contribution in [-0.4, -0.2) is 54.4 Å². The van der Waals surface area contributed by atoms with Gasteiger partial charge in [-0.1, -0.05) is 30.3 Å². The molecule has 0 aliphatic carbocycles. The average molecular weight is 427 g/mol. The SMILES string of the molecule is CS(=O)(=O)N1C[C@H]2CN(C(=O)c3coc(CN)n3)C[C@H]2[C@@H]1c1ccccc1.Cl. The van der Waals surface area contributed by atoms with Gasteiger partial charge in [-0.25, -0.2) is 13.4 Å². The molecular weight excluding hydrogens is 404 g/mol. The molecule has 28 heavy (non-hydrogen) atoms. The molecule has 3 heterocycles. The van der Waals surface area contributed by atoms with E-state index in [1.807, 2.05) is 30.3 Å². The Bertz CT molecular complexity index is 950. The van der Waals surface area contributed by atoms with E-state index in [1.54, 1.807) is 9.21 Å². The summed E-state index contributed by atoms with van der Waals surface area (Å²) >= 11 is 0. The van der Waals surface area contributed by atoms with Crippen LogP contribution in [0.5, 0.6) is 0 Å². The Morgan fingerprint density at radius 2 is 1.96 bits per heavy atom. The molecule has 152 valence electrons. The number of nitrogens with two attached hydrogens (primary N) is 1. The summed E-state index contributed by atoms with van der Waals surface area (Å²) in [7, 11) is -3.34. The van der Waals surface area contributed by atoms with Crippen LogP contribution in [0, 0.1) is 11.8 Å². The quantitative estimate of drug-likeness (QED) is 0.788. The molecule has 3 atom stereocenters. The lowest BCUT2D eigenvalue weighted by Gasteiger charge is -2.28. The largest absolute Gasteiger partial charge is 0.447 e. The van der Waals surface area contributed by atoms with Gasteiger partial charge in [-0.05, 0) is 11.5 Å². The van der Waals surface area contributed by atoms with Gasteiger partial charge in [0.25, 0.3) is 5.91 Å². The number of hydrogen-bond donors (Lipinski definition) is 1. The van der Waals surface area contributed by atoms with Gasteiger partial charge < -0.3 is 15.1 Å². The van der Waals surface area contributed by atoms with Gasteiger partial charge in [0.2, 0.25) is 15.9 Å². The number of likely N-dealkylation sites (tertiary alicyclic amines) is 1. The fourth-order valence-corrected chi connectivity index (χ4v) is 5.39. The Morgan fingerprint density at radius 1 is 1.25 bits per heavy atom. The van der Waals surface area contributed by atoms with Crippen molar-refractivity contribution in [1.29, 1.82) is 0 Å². The minimum atomic E-state index is -3.34. The van der Waals surface area contributed by atoms with E-state index in [1.165, 1.54) is 12.5 Å². The highest BCUT2D eigenvalue weighted by Gasteiger charge is 2.51. The number of aromatic nitrogens is 1. The lowest BCUT2D eigenvalue weighted by atomic mass is 9.90. The van der Waals surface area contributed by atoms with Crippen LogP contribution in [0.25, 0.3) is 0 Å². The summed E-state index contributed by atoms with van der Waals surface area (Å²) in [6.07, 6.45) is 2.58. The van der Waals surface area contributed by atoms with Gasteiger partial charge in [0.05, 0.1) is 18.8 Å². The fraction of sp³-hybridized carbons (Fsp3) is 0.444. The van der Waals surface area contributed by atoms with E-state index in [0.717, 1.165) is 5.56 Å². The van der Waals surface area contributed by atoms with Crippen LogP contribution in [-0.2, 0) is 16.6 Å². The molecule has 8 nitrogen and oxygen atoms in total. The maximum absolute atomic E-state index is 12.8. The van der Waals surface area contributed by atoms with Crippen molar-refractivity contribution in [2.24, 2.45) is 17.6 Å². The Morgan fingerprint density at radius 3 is 2.57 bits per heavy atom. The number of benzene rings is 1. The summed E-state index contributed by atoms with van der Waals surface area (Å²) in [5.41, 5.74) is 6.68. The third-order valence-electron chi connectivity index (χ3n) is 5.42. The van der Waals surface area contributed by atoms with Crippen LogP contribution in [0.15, 0.2) is 41.0 Å². The molecule has 2 aliphatic heterocycles. The molecule has 2 aromatic rings. The standard InChI is InChI=1S/C18H22N4O4S.ClH/c1-27(24,25)22-9-13-8-21(18(23)15-11-26-16(7-19)20-15)10-14(13)17(22)12-5-3-2-4-6-12;/h2-6,11,13-14,17H,7-10,19H2,1H3;1H/t13-,14-,17+;/m1./s1. The first kappa shape index (κ1) is 20.8. The second-order valence-electron chi connectivity index (χ2n) is 7.15. The van der Waals surface area contributed by atoms with Crippen molar-refractivity contribution in [3.8, 4) is 0 Å². The number of oxazole rings is 1. The molecule has 1 amide bonds. The lowest BCUT2D eigenvalue weighted by Crippen LogP contribution is -2.37. The maximum Gasteiger partial charge on any atom is 0.275 e. The van der Waals surface area contributed by atoms with E-state index in [4.69, 9.17) is 10.2 Å². The first-order valence-electron chi connectivity index (χ1n) is 8.84. The van der Waals surface area contributed by atoms with Crippen molar-refractivity contribution in [2.45, 2.75) is 12.6 Å². The van der Waals surface area contributed by atoms with Crippen molar-refractivity contribution < 1.29 is 17.6 Å². The molecular formula is C18H23ClN4O4S. The van der Waals surface area contributed by atoms with Crippen molar-refractivity contribution in [2.75, 3.05) is 25.9 Å². The molecule has 10 heteroatoms. The van der Waals surface area contributed by atoms with Gasteiger partial charge in [-0.3, -0.25) is 4.79 Å². The van der Waals surface area contributed by atoms with E-state index in [-0.39, 0.29) is 48.4 Å². The Kier molecular flexibility index (Phi) is 5.81. The zero-order valence-electron chi connectivity index (χ0n) is 15.4. The minimum Gasteiger partial charge on any atom is -0.447 e.